The van der Waals surface area contributed by atoms with E-state index in [1.165, 1.54) is 11.8 Å². The molecule has 4 aromatic rings. The van der Waals surface area contributed by atoms with Gasteiger partial charge in [0.15, 0.2) is 28.3 Å². The Morgan fingerprint density at radius 3 is 2.67 bits per heavy atom. The highest BCUT2D eigenvalue weighted by molar-refractivity contribution is 7.99. The van der Waals surface area contributed by atoms with Crippen LogP contribution in [0.15, 0.2) is 53.7 Å². The summed E-state index contributed by atoms with van der Waals surface area (Å²) in [5.41, 5.74) is 5.71. The summed E-state index contributed by atoms with van der Waals surface area (Å²) >= 11 is 1.40. The lowest BCUT2D eigenvalue weighted by molar-refractivity contribution is 0.102. The lowest BCUT2D eigenvalue weighted by Crippen LogP contribution is -2.06. The molecule has 1 aliphatic heterocycles. The average molecular weight is 461 g/mol. The number of carbonyl (C=O) groups excluding carboxylic acids is 1. The second kappa shape index (κ2) is 8.44. The van der Waals surface area contributed by atoms with Crippen LogP contribution in [0, 0.1) is 20.8 Å². The van der Waals surface area contributed by atoms with Gasteiger partial charge in [-0.1, -0.05) is 35.5 Å². The molecule has 2 aromatic carbocycles. The maximum atomic E-state index is 13.1. The van der Waals surface area contributed by atoms with E-state index in [1.54, 1.807) is 0 Å². The zero-order valence-corrected chi connectivity index (χ0v) is 19.8. The predicted molar refractivity (Wildman–Crippen MR) is 128 cm³/mol. The fraction of sp³-hybridized carbons (Fsp3) is 0.240. The summed E-state index contributed by atoms with van der Waals surface area (Å²) in [6, 6.07) is 15.9. The maximum Gasteiger partial charge on any atom is 0.231 e. The first kappa shape index (κ1) is 21.3. The van der Waals surface area contributed by atoms with Crippen LogP contribution in [-0.2, 0) is 7.05 Å². The number of ether oxygens (including phenoxy) is 2. The van der Waals surface area contributed by atoms with Gasteiger partial charge in [0, 0.05) is 41.3 Å². The topological polar surface area (TPSA) is 71.2 Å². The number of rotatable bonds is 6. The standard InChI is InChI=1S/C25H24N4O3S/c1-15-6-5-7-18(10-15)24-26-27-25(28(24)4)33-13-21(30)20-11-16(2)29(17(20)3)19-8-9-22-23(12-19)32-14-31-22/h5-12H,13-14H2,1-4H3. The van der Waals surface area contributed by atoms with E-state index in [1.807, 2.05) is 74.9 Å². The van der Waals surface area contributed by atoms with Gasteiger partial charge in [0.2, 0.25) is 6.79 Å². The van der Waals surface area contributed by atoms with Crippen LogP contribution in [0.2, 0.25) is 0 Å². The van der Waals surface area contributed by atoms with Crippen molar-refractivity contribution in [3.05, 3.63) is 71.0 Å². The summed E-state index contributed by atoms with van der Waals surface area (Å²) in [4.78, 5) is 13.1. The Morgan fingerprint density at radius 1 is 1.03 bits per heavy atom. The Hall–Kier alpha value is -3.52. The largest absolute Gasteiger partial charge is 0.454 e. The number of carbonyl (C=O) groups is 1. The van der Waals surface area contributed by atoms with Crippen LogP contribution in [0.25, 0.3) is 17.1 Å². The van der Waals surface area contributed by atoms with Gasteiger partial charge in [-0.2, -0.15) is 0 Å². The molecule has 0 saturated carbocycles. The summed E-state index contributed by atoms with van der Waals surface area (Å²) in [5, 5.41) is 9.36. The number of Topliss-reactive ketones (excluding diaryl/α,β-unsaturated/α-hetero) is 1. The molecule has 0 fully saturated rings. The van der Waals surface area contributed by atoms with Gasteiger partial charge in [-0.25, -0.2) is 0 Å². The molecule has 0 saturated heterocycles. The molecular formula is C25H24N4O3S. The Balaban J connectivity index is 1.35. The minimum absolute atomic E-state index is 0.0557. The van der Waals surface area contributed by atoms with Crippen molar-refractivity contribution in [3.8, 4) is 28.6 Å². The Kier molecular flexibility index (Phi) is 5.46. The van der Waals surface area contributed by atoms with E-state index in [0.29, 0.717) is 10.7 Å². The number of thioether (sulfide) groups is 1. The lowest BCUT2D eigenvalue weighted by Gasteiger charge is -2.10. The molecule has 0 unspecified atom stereocenters. The van der Waals surface area contributed by atoms with Gasteiger partial charge in [-0.3, -0.25) is 4.79 Å². The van der Waals surface area contributed by atoms with Crippen molar-refractivity contribution in [2.45, 2.75) is 25.9 Å². The van der Waals surface area contributed by atoms with Crippen LogP contribution in [0.1, 0.15) is 27.3 Å². The number of ketones is 1. The third-order valence-corrected chi connectivity index (χ3v) is 6.81. The zero-order chi connectivity index (χ0) is 23.1. The number of nitrogens with zero attached hydrogens (tertiary/aromatic N) is 4. The molecule has 3 heterocycles. The van der Waals surface area contributed by atoms with Crippen LogP contribution in [0.4, 0.5) is 0 Å². The summed E-state index contributed by atoms with van der Waals surface area (Å²) in [5.74, 6) is 2.58. The van der Waals surface area contributed by atoms with Crippen molar-refractivity contribution in [3.63, 3.8) is 0 Å². The summed E-state index contributed by atoms with van der Waals surface area (Å²) in [7, 11) is 1.93. The molecule has 0 aliphatic carbocycles. The van der Waals surface area contributed by atoms with Gasteiger partial charge in [0.25, 0.3) is 0 Å². The van der Waals surface area contributed by atoms with Crippen molar-refractivity contribution in [1.82, 2.24) is 19.3 Å². The fourth-order valence-corrected chi connectivity index (χ4v) is 4.95. The number of benzene rings is 2. The van der Waals surface area contributed by atoms with Gasteiger partial charge < -0.3 is 18.6 Å². The third kappa shape index (κ3) is 3.91. The van der Waals surface area contributed by atoms with Crippen LogP contribution < -0.4 is 9.47 Å². The Bertz CT molecular complexity index is 1370. The maximum absolute atomic E-state index is 13.1. The van der Waals surface area contributed by atoms with Gasteiger partial charge in [-0.05, 0) is 45.0 Å². The molecule has 5 rings (SSSR count). The first-order chi connectivity index (χ1) is 15.9. The zero-order valence-electron chi connectivity index (χ0n) is 19.0. The van der Waals surface area contributed by atoms with E-state index >= 15 is 0 Å². The highest BCUT2D eigenvalue weighted by Crippen LogP contribution is 2.35. The summed E-state index contributed by atoms with van der Waals surface area (Å²) in [6.45, 7) is 6.25. The molecule has 8 heteroatoms. The van der Waals surface area contributed by atoms with E-state index in [4.69, 9.17) is 9.47 Å². The molecule has 0 spiro atoms. The summed E-state index contributed by atoms with van der Waals surface area (Å²) < 4.78 is 14.9. The molecule has 168 valence electrons. The number of fused-ring (bicyclic) bond motifs is 1. The average Bonchev–Trinajstić information content (AvgIpc) is 3.49. The molecule has 0 amide bonds. The Labute approximate surface area is 196 Å². The molecule has 33 heavy (non-hydrogen) atoms. The Morgan fingerprint density at radius 2 is 1.85 bits per heavy atom. The fourth-order valence-electron chi connectivity index (χ4n) is 4.15. The predicted octanol–water partition coefficient (Wildman–Crippen LogP) is 4.90. The van der Waals surface area contributed by atoms with E-state index in [0.717, 1.165) is 45.5 Å². The molecule has 1 aliphatic rings. The normalized spacial score (nSPS) is 12.4. The van der Waals surface area contributed by atoms with E-state index in [2.05, 4.69) is 20.8 Å². The molecule has 7 nitrogen and oxygen atoms in total. The van der Waals surface area contributed by atoms with Gasteiger partial charge in [0.1, 0.15) is 0 Å². The van der Waals surface area contributed by atoms with Crippen LogP contribution in [0.5, 0.6) is 11.5 Å². The highest BCUT2D eigenvalue weighted by Gasteiger charge is 2.20. The van der Waals surface area contributed by atoms with Crippen molar-refractivity contribution < 1.29 is 14.3 Å². The monoisotopic (exact) mass is 460 g/mol. The van der Waals surface area contributed by atoms with Gasteiger partial charge >= 0.3 is 0 Å². The molecule has 0 radical (unpaired) electrons. The number of aromatic nitrogens is 4. The molecule has 0 bridgehead atoms. The van der Waals surface area contributed by atoms with Crippen molar-refractivity contribution in [1.29, 1.82) is 0 Å². The second-order valence-electron chi connectivity index (χ2n) is 8.10. The van der Waals surface area contributed by atoms with E-state index in [9.17, 15) is 4.79 Å². The molecule has 0 atom stereocenters. The SMILES string of the molecule is Cc1cccc(-c2nnc(SCC(=O)c3cc(C)n(-c4ccc5c(c4)OCO5)c3C)n2C)c1. The number of aryl methyl sites for hydroxylation is 2. The highest BCUT2D eigenvalue weighted by atomic mass is 32.2. The first-order valence-corrected chi connectivity index (χ1v) is 11.6. The van der Waals surface area contributed by atoms with Gasteiger partial charge in [-0.15, -0.1) is 10.2 Å². The van der Waals surface area contributed by atoms with Crippen LogP contribution in [-0.4, -0.2) is 37.7 Å². The molecular weight excluding hydrogens is 436 g/mol. The minimum atomic E-state index is 0.0557. The van der Waals surface area contributed by atoms with Crippen LogP contribution in [0.3, 0.4) is 0 Å². The number of hydrogen-bond acceptors (Lipinski definition) is 6. The minimum Gasteiger partial charge on any atom is -0.454 e. The van der Waals surface area contributed by atoms with E-state index in [-0.39, 0.29) is 18.3 Å². The number of hydrogen-bond donors (Lipinski definition) is 0. The summed E-state index contributed by atoms with van der Waals surface area (Å²) in [6.07, 6.45) is 0. The van der Waals surface area contributed by atoms with E-state index < -0.39 is 0 Å². The quantitative estimate of drug-likeness (QED) is 0.301. The third-order valence-electron chi connectivity index (χ3n) is 5.79. The van der Waals surface area contributed by atoms with Crippen molar-refractivity contribution >= 4 is 17.5 Å². The van der Waals surface area contributed by atoms with Crippen molar-refractivity contribution in [2.24, 2.45) is 7.05 Å². The molecule has 0 N–H and O–H groups in total. The molecule has 2 aromatic heterocycles. The second-order valence-corrected chi connectivity index (χ2v) is 9.05. The smallest absolute Gasteiger partial charge is 0.231 e. The van der Waals surface area contributed by atoms with Crippen molar-refractivity contribution in [2.75, 3.05) is 12.5 Å². The van der Waals surface area contributed by atoms with Crippen LogP contribution >= 0.6 is 11.8 Å². The first-order valence-electron chi connectivity index (χ1n) is 10.6. The van der Waals surface area contributed by atoms with Gasteiger partial charge in [0.05, 0.1) is 5.75 Å². The lowest BCUT2D eigenvalue weighted by atomic mass is 10.1.